The largest absolute Gasteiger partial charge is 0.497 e. The molecule has 2 aromatic rings. The molecule has 0 radical (unpaired) electrons. The average molecular weight is 375 g/mol. The third kappa shape index (κ3) is 5.44. The molecule has 1 N–H and O–H groups in total. The summed E-state index contributed by atoms with van der Waals surface area (Å²) in [5.74, 6) is 2.84. The first-order valence-corrected chi connectivity index (χ1v) is 8.44. The Bertz CT molecular complexity index is 745. The second-order valence-electron chi connectivity index (χ2n) is 5.54. The van der Waals surface area contributed by atoms with E-state index < -0.39 is 0 Å². The molecule has 1 amide bonds. The molecule has 146 valence electrons. The van der Waals surface area contributed by atoms with Crippen LogP contribution in [0.4, 0.5) is 0 Å². The van der Waals surface area contributed by atoms with E-state index in [0.29, 0.717) is 41.7 Å². The highest BCUT2D eigenvalue weighted by Crippen LogP contribution is 2.39. The zero-order chi connectivity index (χ0) is 19.6. The zero-order valence-electron chi connectivity index (χ0n) is 16.0. The number of methoxy groups -OCH3 is 4. The lowest BCUT2D eigenvalue weighted by Gasteiger charge is -2.15. The van der Waals surface area contributed by atoms with E-state index in [2.05, 4.69) is 5.32 Å². The Morgan fingerprint density at radius 2 is 1.48 bits per heavy atom. The molecule has 27 heavy (non-hydrogen) atoms. The van der Waals surface area contributed by atoms with E-state index in [1.165, 1.54) is 14.2 Å². The van der Waals surface area contributed by atoms with Gasteiger partial charge in [0.25, 0.3) is 0 Å². The highest BCUT2D eigenvalue weighted by Gasteiger charge is 2.17. The van der Waals surface area contributed by atoms with Gasteiger partial charge in [-0.3, -0.25) is 4.79 Å². The van der Waals surface area contributed by atoms with Crippen LogP contribution in [0.15, 0.2) is 36.4 Å². The molecule has 0 unspecified atom stereocenters. The van der Waals surface area contributed by atoms with Gasteiger partial charge in [-0.1, -0.05) is 6.07 Å². The first-order valence-electron chi connectivity index (χ1n) is 8.44. The summed E-state index contributed by atoms with van der Waals surface area (Å²) in [6.45, 7) is 0.752. The summed E-state index contributed by atoms with van der Waals surface area (Å²) in [6.07, 6.45) is 0.159. The first kappa shape index (κ1) is 20.2. The molecular weight excluding hydrogens is 350 g/mol. The van der Waals surface area contributed by atoms with Crippen LogP contribution in [0.25, 0.3) is 0 Å². The van der Waals surface area contributed by atoms with Gasteiger partial charge in [-0.05, 0) is 30.3 Å². The number of hydrogen-bond donors (Lipinski definition) is 1. The van der Waals surface area contributed by atoms with Crippen molar-refractivity contribution in [1.82, 2.24) is 5.32 Å². The predicted molar refractivity (Wildman–Crippen MR) is 101 cm³/mol. The van der Waals surface area contributed by atoms with Gasteiger partial charge in [-0.15, -0.1) is 0 Å². The Balaban J connectivity index is 1.86. The molecule has 7 heteroatoms. The normalized spacial score (nSPS) is 10.1. The number of nitrogens with one attached hydrogen (secondary N) is 1. The first-order chi connectivity index (χ1) is 13.1. The molecule has 0 atom stereocenters. The smallest absolute Gasteiger partial charge is 0.224 e. The van der Waals surface area contributed by atoms with Crippen LogP contribution in [-0.4, -0.2) is 47.5 Å². The van der Waals surface area contributed by atoms with Crippen LogP contribution in [0.1, 0.15) is 5.56 Å². The van der Waals surface area contributed by atoms with Crippen molar-refractivity contribution in [2.45, 2.75) is 6.42 Å². The third-order valence-corrected chi connectivity index (χ3v) is 3.89. The molecule has 0 spiro atoms. The maximum atomic E-state index is 12.2. The maximum Gasteiger partial charge on any atom is 0.224 e. The van der Waals surface area contributed by atoms with Crippen molar-refractivity contribution in [1.29, 1.82) is 0 Å². The molecule has 2 aromatic carbocycles. The topological polar surface area (TPSA) is 75.3 Å². The van der Waals surface area contributed by atoms with E-state index in [-0.39, 0.29) is 12.3 Å². The molecule has 0 bridgehead atoms. The van der Waals surface area contributed by atoms with Crippen molar-refractivity contribution in [2.75, 3.05) is 41.6 Å². The van der Waals surface area contributed by atoms with Crippen LogP contribution < -0.4 is 29.0 Å². The standard InChI is InChI=1S/C20H25NO6/c1-23-15-6-8-16(9-7-15)27-12-11-21-18(22)13-14-5-10-17(24-2)20(26-4)19(14)25-3/h5-10H,11-13H2,1-4H3,(H,21,22). The highest BCUT2D eigenvalue weighted by atomic mass is 16.5. The molecule has 7 nitrogen and oxygen atoms in total. The van der Waals surface area contributed by atoms with Crippen molar-refractivity contribution in [3.8, 4) is 28.7 Å². The summed E-state index contributed by atoms with van der Waals surface area (Å²) < 4.78 is 26.7. The van der Waals surface area contributed by atoms with Gasteiger partial charge >= 0.3 is 0 Å². The Hall–Kier alpha value is -3.09. The van der Waals surface area contributed by atoms with Gasteiger partial charge in [0.2, 0.25) is 11.7 Å². The van der Waals surface area contributed by atoms with Crippen LogP contribution >= 0.6 is 0 Å². The van der Waals surface area contributed by atoms with Crippen LogP contribution in [0, 0.1) is 0 Å². The Kier molecular flexibility index (Phi) is 7.61. The molecule has 0 fully saturated rings. The summed E-state index contributed by atoms with van der Waals surface area (Å²) in [6, 6.07) is 10.8. The minimum atomic E-state index is -0.140. The molecule has 0 aliphatic heterocycles. The second-order valence-corrected chi connectivity index (χ2v) is 5.54. The number of carbonyl (C=O) groups excluding carboxylic acids is 1. The van der Waals surface area contributed by atoms with E-state index in [4.69, 9.17) is 23.7 Å². The van der Waals surface area contributed by atoms with Crippen LogP contribution in [0.5, 0.6) is 28.7 Å². The summed E-state index contributed by atoms with van der Waals surface area (Å²) >= 11 is 0. The van der Waals surface area contributed by atoms with Crippen molar-refractivity contribution in [2.24, 2.45) is 0 Å². The van der Waals surface area contributed by atoms with Gasteiger partial charge in [0, 0.05) is 5.56 Å². The van der Waals surface area contributed by atoms with Gasteiger partial charge in [-0.2, -0.15) is 0 Å². The summed E-state index contributed by atoms with van der Waals surface area (Å²) in [5, 5.41) is 2.83. The predicted octanol–water partition coefficient (Wildman–Crippen LogP) is 2.46. The van der Waals surface area contributed by atoms with Crippen LogP contribution in [0.3, 0.4) is 0 Å². The molecule has 0 aliphatic rings. The molecule has 0 aromatic heterocycles. The van der Waals surface area contributed by atoms with Gasteiger partial charge in [0.1, 0.15) is 18.1 Å². The van der Waals surface area contributed by atoms with E-state index >= 15 is 0 Å². The number of carbonyl (C=O) groups is 1. The fourth-order valence-corrected chi connectivity index (χ4v) is 2.57. The Labute approximate surface area is 159 Å². The number of benzene rings is 2. The Morgan fingerprint density at radius 1 is 0.815 bits per heavy atom. The van der Waals surface area contributed by atoms with Crippen LogP contribution in [-0.2, 0) is 11.2 Å². The molecule has 0 saturated carbocycles. The molecule has 2 rings (SSSR count). The van der Waals surface area contributed by atoms with Crippen molar-refractivity contribution in [3.63, 3.8) is 0 Å². The number of ether oxygens (including phenoxy) is 5. The maximum absolute atomic E-state index is 12.2. The number of amides is 1. The van der Waals surface area contributed by atoms with E-state index in [0.717, 1.165) is 5.75 Å². The average Bonchev–Trinajstić information content (AvgIpc) is 2.71. The van der Waals surface area contributed by atoms with Gasteiger partial charge < -0.3 is 29.0 Å². The number of rotatable bonds is 10. The van der Waals surface area contributed by atoms with Gasteiger partial charge in [0.05, 0.1) is 41.4 Å². The summed E-state index contributed by atoms with van der Waals surface area (Å²) in [4.78, 5) is 12.2. The molecular formula is C20H25NO6. The highest BCUT2D eigenvalue weighted by molar-refractivity contribution is 5.80. The van der Waals surface area contributed by atoms with Gasteiger partial charge in [-0.25, -0.2) is 0 Å². The monoisotopic (exact) mass is 375 g/mol. The third-order valence-electron chi connectivity index (χ3n) is 3.89. The Morgan fingerprint density at radius 3 is 2.07 bits per heavy atom. The van der Waals surface area contributed by atoms with Crippen molar-refractivity contribution >= 4 is 5.91 Å². The van der Waals surface area contributed by atoms with Crippen LogP contribution in [0.2, 0.25) is 0 Å². The minimum absolute atomic E-state index is 0.140. The molecule has 0 saturated heterocycles. The van der Waals surface area contributed by atoms with E-state index in [1.54, 1.807) is 26.4 Å². The summed E-state index contributed by atoms with van der Waals surface area (Å²) in [5.41, 5.74) is 0.712. The lowest BCUT2D eigenvalue weighted by atomic mass is 10.1. The van der Waals surface area contributed by atoms with E-state index in [1.807, 2.05) is 24.3 Å². The quantitative estimate of drug-likeness (QED) is 0.643. The lowest BCUT2D eigenvalue weighted by Crippen LogP contribution is -2.29. The fraction of sp³-hybridized carbons (Fsp3) is 0.350. The van der Waals surface area contributed by atoms with E-state index in [9.17, 15) is 4.79 Å². The second kappa shape index (κ2) is 10.2. The molecule has 0 aliphatic carbocycles. The SMILES string of the molecule is COc1ccc(OCCNC(=O)Cc2ccc(OC)c(OC)c2OC)cc1. The van der Waals surface area contributed by atoms with Gasteiger partial charge in [0.15, 0.2) is 11.5 Å². The minimum Gasteiger partial charge on any atom is -0.497 e. The van der Waals surface area contributed by atoms with Crippen molar-refractivity contribution in [3.05, 3.63) is 42.0 Å². The fourth-order valence-electron chi connectivity index (χ4n) is 2.57. The zero-order valence-corrected chi connectivity index (χ0v) is 16.0. The molecule has 0 heterocycles. The summed E-state index contributed by atoms with van der Waals surface area (Å²) in [7, 11) is 6.22. The number of hydrogen-bond acceptors (Lipinski definition) is 6. The lowest BCUT2D eigenvalue weighted by molar-refractivity contribution is -0.120. The van der Waals surface area contributed by atoms with Crippen molar-refractivity contribution < 1.29 is 28.5 Å².